The van der Waals surface area contributed by atoms with Gasteiger partial charge in [-0.3, -0.25) is 4.21 Å². The lowest BCUT2D eigenvalue weighted by molar-refractivity contribution is 0.468. The number of nitrogens with one attached hydrogen (secondary N) is 1. The number of aromatic hydroxyl groups is 1. The molecule has 2 N–H and O–H groups in total. The summed E-state index contributed by atoms with van der Waals surface area (Å²) in [6, 6.07) is 3.73. The standard InChI is InChI=1S/C11H15Br2NO2S/c1-2-17(16)4-3-14-7-8-5-9(12)11(15)10(13)6-8/h5-6,14-15H,2-4,7H2,1H3. The van der Waals surface area contributed by atoms with Crippen LogP contribution in [0.1, 0.15) is 12.5 Å². The quantitative estimate of drug-likeness (QED) is 0.741. The number of phenols is 1. The normalized spacial score (nSPS) is 12.6. The van der Waals surface area contributed by atoms with Gasteiger partial charge in [-0.15, -0.1) is 0 Å². The van der Waals surface area contributed by atoms with Crippen LogP contribution in [0, 0.1) is 0 Å². The first kappa shape index (κ1) is 15.1. The number of hydrogen-bond acceptors (Lipinski definition) is 3. The fraction of sp³-hybridized carbons (Fsp3) is 0.455. The number of benzene rings is 1. The van der Waals surface area contributed by atoms with Crippen LogP contribution in [0.25, 0.3) is 0 Å². The van der Waals surface area contributed by atoms with E-state index in [1.54, 1.807) is 0 Å². The Morgan fingerprint density at radius 2 is 1.94 bits per heavy atom. The van der Waals surface area contributed by atoms with E-state index in [0.29, 0.717) is 27.0 Å². The van der Waals surface area contributed by atoms with Gasteiger partial charge >= 0.3 is 0 Å². The summed E-state index contributed by atoms with van der Waals surface area (Å²) < 4.78 is 12.5. The molecule has 0 heterocycles. The Morgan fingerprint density at radius 1 is 1.35 bits per heavy atom. The average Bonchev–Trinajstić information content (AvgIpc) is 2.31. The second-order valence-electron chi connectivity index (χ2n) is 3.52. The van der Waals surface area contributed by atoms with Gasteiger partial charge in [0.25, 0.3) is 0 Å². The monoisotopic (exact) mass is 383 g/mol. The average molecular weight is 385 g/mol. The molecule has 1 rings (SSSR count). The van der Waals surface area contributed by atoms with Crippen molar-refractivity contribution < 1.29 is 9.32 Å². The molecule has 6 heteroatoms. The summed E-state index contributed by atoms with van der Waals surface area (Å²) >= 11 is 6.57. The lowest BCUT2D eigenvalue weighted by Gasteiger charge is -2.07. The lowest BCUT2D eigenvalue weighted by Crippen LogP contribution is -2.20. The van der Waals surface area contributed by atoms with Gasteiger partial charge in [0.1, 0.15) is 5.75 Å². The molecule has 0 fully saturated rings. The van der Waals surface area contributed by atoms with Crippen LogP contribution in [-0.4, -0.2) is 27.4 Å². The third-order valence-electron chi connectivity index (χ3n) is 2.23. The molecule has 0 aliphatic carbocycles. The van der Waals surface area contributed by atoms with Crippen molar-refractivity contribution in [2.75, 3.05) is 18.1 Å². The Kier molecular flexibility index (Phi) is 6.69. The maximum atomic E-state index is 11.2. The first-order chi connectivity index (χ1) is 8.04. The van der Waals surface area contributed by atoms with Crippen LogP contribution in [0.2, 0.25) is 0 Å². The Bertz CT molecular complexity index is 389. The molecule has 96 valence electrons. The smallest absolute Gasteiger partial charge is 0.143 e. The largest absolute Gasteiger partial charge is 0.506 e. The second kappa shape index (κ2) is 7.51. The topological polar surface area (TPSA) is 49.3 Å². The van der Waals surface area contributed by atoms with E-state index in [-0.39, 0.29) is 5.75 Å². The first-order valence-electron chi connectivity index (χ1n) is 5.27. The summed E-state index contributed by atoms with van der Waals surface area (Å²) in [5.74, 6) is 1.59. The minimum Gasteiger partial charge on any atom is -0.506 e. The van der Waals surface area contributed by atoms with Crippen molar-refractivity contribution in [3.05, 3.63) is 26.6 Å². The molecule has 1 unspecified atom stereocenters. The molecule has 0 bridgehead atoms. The lowest BCUT2D eigenvalue weighted by atomic mass is 10.2. The second-order valence-corrected chi connectivity index (χ2v) is 7.09. The van der Waals surface area contributed by atoms with E-state index in [1.807, 2.05) is 19.1 Å². The highest BCUT2D eigenvalue weighted by atomic mass is 79.9. The van der Waals surface area contributed by atoms with E-state index in [1.165, 1.54) is 0 Å². The van der Waals surface area contributed by atoms with Crippen molar-refractivity contribution in [3.63, 3.8) is 0 Å². The Hall–Kier alpha value is 0.0900. The summed E-state index contributed by atoms with van der Waals surface area (Å²) in [5, 5.41) is 12.8. The molecule has 1 aromatic rings. The number of phenolic OH excluding ortho intramolecular Hbond substituents is 1. The molecule has 0 saturated heterocycles. The molecule has 0 aromatic heterocycles. The van der Waals surface area contributed by atoms with Gasteiger partial charge in [-0.05, 0) is 49.6 Å². The van der Waals surface area contributed by atoms with Gasteiger partial charge in [-0.25, -0.2) is 0 Å². The highest BCUT2D eigenvalue weighted by molar-refractivity contribution is 9.11. The first-order valence-corrected chi connectivity index (χ1v) is 8.34. The van der Waals surface area contributed by atoms with E-state index in [2.05, 4.69) is 37.2 Å². The number of halogens is 2. The van der Waals surface area contributed by atoms with Gasteiger partial charge in [0.15, 0.2) is 0 Å². The van der Waals surface area contributed by atoms with Crippen molar-refractivity contribution in [2.45, 2.75) is 13.5 Å². The highest BCUT2D eigenvalue weighted by Gasteiger charge is 2.05. The van der Waals surface area contributed by atoms with Gasteiger partial charge < -0.3 is 10.4 Å². The molecule has 0 radical (unpaired) electrons. The highest BCUT2D eigenvalue weighted by Crippen LogP contribution is 2.33. The van der Waals surface area contributed by atoms with E-state index >= 15 is 0 Å². The van der Waals surface area contributed by atoms with E-state index in [4.69, 9.17) is 0 Å². The van der Waals surface area contributed by atoms with Crippen LogP contribution in [0.15, 0.2) is 21.1 Å². The van der Waals surface area contributed by atoms with E-state index in [0.717, 1.165) is 12.1 Å². The molecule has 3 nitrogen and oxygen atoms in total. The fourth-order valence-corrected chi connectivity index (χ4v) is 3.23. The van der Waals surface area contributed by atoms with E-state index in [9.17, 15) is 9.32 Å². The number of rotatable bonds is 6. The predicted octanol–water partition coefficient (Wildman–Crippen LogP) is 2.78. The fourth-order valence-electron chi connectivity index (χ4n) is 1.28. The Balaban J connectivity index is 2.45. The van der Waals surface area contributed by atoms with Crippen LogP contribution in [0.5, 0.6) is 5.75 Å². The van der Waals surface area contributed by atoms with Crippen molar-refractivity contribution in [3.8, 4) is 5.75 Å². The number of hydrogen-bond donors (Lipinski definition) is 2. The Labute approximate surface area is 121 Å². The molecule has 0 spiro atoms. The van der Waals surface area contributed by atoms with Gasteiger partial charge in [0.05, 0.1) is 8.95 Å². The summed E-state index contributed by atoms with van der Waals surface area (Å²) in [7, 11) is -0.718. The molecule has 0 saturated carbocycles. The summed E-state index contributed by atoms with van der Waals surface area (Å²) in [6.07, 6.45) is 0. The minimum absolute atomic E-state index is 0.209. The summed E-state index contributed by atoms with van der Waals surface area (Å²) in [4.78, 5) is 0. The van der Waals surface area contributed by atoms with E-state index < -0.39 is 10.8 Å². The molecule has 0 aliphatic heterocycles. The zero-order chi connectivity index (χ0) is 12.8. The van der Waals surface area contributed by atoms with Crippen molar-refractivity contribution in [1.82, 2.24) is 5.32 Å². The van der Waals surface area contributed by atoms with Crippen molar-refractivity contribution in [1.29, 1.82) is 0 Å². The molecule has 0 aliphatic rings. The third-order valence-corrected chi connectivity index (χ3v) is 4.75. The molecular weight excluding hydrogens is 370 g/mol. The molecule has 17 heavy (non-hydrogen) atoms. The molecule has 1 aromatic carbocycles. The molecule has 1 atom stereocenters. The van der Waals surface area contributed by atoms with Gasteiger partial charge in [0.2, 0.25) is 0 Å². The summed E-state index contributed by atoms with van der Waals surface area (Å²) in [5.41, 5.74) is 1.06. The van der Waals surface area contributed by atoms with Crippen LogP contribution in [0.3, 0.4) is 0 Å². The van der Waals surface area contributed by atoms with Gasteiger partial charge in [0, 0.05) is 35.4 Å². The van der Waals surface area contributed by atoms with Crippen LogP contribution < -0.4 is 5.32 Å². The zero-order valence-corrected chi connectivity index (χ0v) is 13.5. The maximum Gasteiger partial charge on any atom is 0.143 e. The minimum atomic E-state index is -0.718. The maximum absolute atomic E-state index is 11.2. The van der Waals surface area contributed by atoms with Gasteiger partial charge in [-0.2, -0.15) is 0 Å². The third kappa shape index (κ3) is 5.07. The van der Waals surface area contributed by atoms with Crippen molar-refractivity contribution in [2.24, 2.45) is 0 Å². The summed E-state index contributed by atoms with van der Waals surface area (Å²) in [6.45, 7) is 3.35. The molecule has 0 amide bonds. The molecular formula is C11H15Br2NO2S. The van der Waals surface area contributed by atoms with Crippen LogP contribution >= 0.6 is 31.9 Å². The van der Waals surface area contributed by atoms with Crippen molar-refractivity contribution >= 4 is 42.7 Å². The van der Waals surface area contributed by atoms with Crippen LogP contribution in [0.4, 0.5) is 0 Å². The zero-order valence-electron chi connectivity index (χ0n) is 9.50. The SMILES string of the molecule is CCS(=O)CCNCc1cc(Br)c(O)c(Br)c1. The predicted molar refractivity (Wildman–Crippen MR) is 78.8 cm³/mol. The van der Waals surface area contributed by atoms with Crippen LogP contribution in [-0.2, 0) is 17.3 Å². The van der Waals surface area contributed by atoms with Gasteiger partial charge in [-0.1, -0.05) is 6.92 Å². The Morgan fingerprint density at radius 3 is 2.47 bits per heavy atom.